The number of hydrogen-bond acceptors (Lipinski definition) is 3. The van der Waals surface area contributed by atoms with E-state index in [4.69, 9.17) is 5.11 Å². The van der Waals surface area contributed by atoms with Crippen LogP contribution >= 0.6 is 15.9 Å². The second-order valence-electron chi connectivity index (χ2n) is 3.93. The Bertz CT molecular complexity index is 297. The summed E-state index contributed by atoms with van der Waals surface area (Å²) in [7, 11) is 0. The zero-order chi connectivity index (χ0) is 12.0. The molecule has 2 atom stereocenters. The average molecular weight is 289 g/mol. The normalized spacial score (nSPS) is 25.4. The van der Waals surface area contributed by atoms with Gasteiger partial charge in [-0.05, 0) is 36.2 Å². The van der Waals surface area contributed by atoms with Crippen LogP contribution in [0.15, 0.2) is 22.7 Å². The Balaban J connectivity index is 2.33. The van der Waals surface area contributed by atoms with Crippen molar-refractivity contribution in [3.63, 3.8) is 0 Å². The Morgan fingerprint density at radius 1 is 1.50 bits per heavy atom. The highest BCUT2D eigenvalue weighted by atomic mass is 79.9. The van der Waals surface area contributed by atoms with E-state index in [2.05, 4.69) is 15.9 Å². The molecule has 0 aliphatic heterocycles. The first-order valence-corrected chi connectivity index (χ1v) is 6.30. The molecule has 0 heterocycles. The second kappa shape index (κ2) is 6.99. The van der Waals surface area contributed by atoms with Crippen molar-refractivity contribution in [1.82, 2.24) is 0 Å². The van der Waals surface area contributed by atoms with Crippen LogP contribution in [0.2, 0.25) is 0 Å². The maximum atomic E-state index is 11.4. The summed E-state index contributed by atoms with van der Waals surface area (Å²) in [5, 5.41) is 18.1. The van der Waals surface area contributed by atoms with Crippen molar-refractivity contribution < 1.29 is 15.0 Å². The number of aliphatic hydroxyl groups is 2. The van der Waals surface area contributed by atoms with Crippen LogP contribution in [0.25, 0.3) is 0 Å². The highest BCUT2D eigenvalue weighted by Crippen LogP contribution is 2.26. The van der Waals surface area contributed by atoms with E-state index in [0.717, 1.165) is 23.7 Å². The fraction of sp³-hybridized carbons (Fsp3) is 0.583. The quantitative estimate of drug-likeness (QED) is 0.735. The molecule has 2 unspecified atom stereocenters. The summed E-state index contributed by atoms with van der Waals surface area (Å²) < 4.78 is 0.950. The van der Waals surface area contributed by atoms with Gasteiger partial charge in [-0.15, -0.1) is 0 Å². The lowest BCUT2D eigenvalue weighted by Gasteiger charge is -2.12. The van der Waals surface area contributed by atoms with Crippen LogP contribution in [0.3, 0.4) is 0 Å². The highest BCUT2D eigenvalue weighted by molar-refractivity contribution is 9.11. The molecule has 0 amide bonds. The molecule has 16 heavy (non-hydrogen) atoms. The first-order chi connectivity index (χ1) is 7.65. The SMILES string of the molecule is O=C1C=CC(O)C1CC(Br)=CCCCCO. The van der Waals surface area contributed by atoms with Gasteiger partial charge in [-0.2, -0.15) is 0 Å². The van der Waals surface area contributed by atoms with Gasteiger partial charge in [-0.3, -0.25) is 4.79 Å². The molecule has 0 saturated carbocycles. The minimum atomic E-state index is -0.647. The van der Waals surface area contributed by atoms with E-state index in [1.807, 2.05) is 6.08 Å². The van der Waals surface area contributed by atoms with Crippen LogP contribution in [-0.2, 0) is 4.79 Å². The molecular formula is C12H17BrO3. The van der Waals surface area contributed by atoms with Gasteiger partial charge in [0.15, 0.2) is 5.78 Å². The number of ketones is 1. The van der Waals surface area contributed by atoms with Gasteiger partial charge in [0, 0.05) is 6.61 Å². The van der Waals surface area contributed by atoms with Crippen LogP contribution < -0.4 is 0 Å². The monoisotopic (exact) mass is 288 g/mol. The molecule has 90 valence electrons. The van der Waals surface area contributed by atoms with Gasteiger partial charge in [0.1, 0.15) is 0 Å². The van der Waals surface area contributed by atoms with Crippen molar-refractivity contribution in [2.75, 3.05) is 6.61 Å². The lowest BCUT2D eigenvalue weighted by Crippen LogP contribution is -2.19. The lowest BCUT2D eigenvalue weighted by molar-refractivity contribution is -0.119. The van der Waals surface area contributed by atoms with Crippen LogP contribution in [-0.4, -0.2) is 28.7 Å². The molecule has 1 aliphatic carbocycles. The fourth-order valence-electron chi connectivity index (χ4n) is 1.65. The van der Waals surface area contributed by atoms with Gasteiger partial charge in [0.05, 0.1) is 12.0 Å². The van der Waals surface area contributed by atoms with Gasteiger partial charge in [-0.1, -0.05) is 28.1 Å². The summed E-state index contributed by atoms with van der Waals surface area (Å²) in [6.45, 7) is 0.217. The molecule has 1 rings (SSSR count). The van der Waals surface area contributed by atoms with Crippen molar-refractivity contribution in [3.8, 4) is 0 Å². The fourth-order valence-corrected chi connectivity index (χ4v) is 2.23. The van der Waals surface area contributed by atoms with E-state index < -0.39 is 6.10 Å². The van der Waals surface area contributed by atoms with Crippen molar-refractivity contribution >= 4 is 21.7 Å². The maximum Gasteiger partial charge on any atom is 0.161 e. The third-order valence-electron chi connectivity index (χ3n) is 2.63. The molecule has 0 aromatic carbocycles. The predicted molar refractivity (Wildman–Crippen MR) is 66.2 cm³/mol. The van der Waals surface area contributed by atoms with E-state index >= 15 is 0 Å². The summed E-state index contributed by atoms with van der Waals surface area (Å²) in [6.07, 6.45) is 7.51. The van der Waals surface area contributed by atoms with Crippen molar-refractivity contribution in [2.45, 2.75) is 31.8 Å². The number of halogens is 1. The van der Waals surface area contributed by atoms with Crippen LogP contribution in [0.1, 0.15) is 25.7 Å². The van der Waals surface area contributed by atoms with E-state index in [1.54, 1.807) is 6.08 Å². The Kier molecular flexibility index (Phi) is 5.95. The van der Waals surface area contributed by atoms with E-state index in [0.29, 0.717) is 6.42 Å². The molecule has 0 aromatic rings. The van der Waals surface area contributed by atoms with Gasteiger partial charge < -0.3 is 10.2 Å². The Labute approximate surface area is 104 Å². The molecule has 0 spiro atoms. The second-order valence-corrected chi connectivity index (χ2v) is 4.95. The maximum absolute atomic E-state index is 11.4. The molecule has 0 saturated heterocycles. The molecular weight excluding hydrogens is 272 g/mol. The summed E-state index contributed by atoms with van der Waals surface area (Å²) in [4.78, 5) is 11.4. The van der Waals surface area contributed by atoms with Crippen molar-refractivity contribution in [2.24, 2.45) is 5.92 Å². The Morgan fingerprint density at radius 2 is 2.25 bits per heavy atom. The number of carbonyl (C=O) groups excluding carboxylic acids is 1. The van der Waals surface area contributed by atoms with E-state index in [-0.39, 0.29) is 18.3 Å². The third kappa shape index (κ3) is 4.20. The molecule has 0 radical (unpaired) electrons. The molecule has 0 fully saturated rings. The largest absolute Gasteiger partial charge is 0.396 e. The zero-order valence-corrected chi connectivity index (χ0v) is 10.7. The first kappa shape index (κ1) is 13.6. The number of hydrogen-bond donors (Lipinski definition) is 2. The zero-order valence-electron chi connectivity index (χ0n) is 9.10. The molecule has 0 bridgehead atoms. The first-order valence-electron chi connectivity index (χ1n) is 5.50. The Hall–Kier alpha value is -0.450. The molecule has 3 nitrogen and oxygen atoms in total. The predicted octanol–water partition coefficient (Wildman–Crippen LogP) is 1.93. The summed E-state index contributed by atoms with van der Waals surface area (Å²) in [5.41, 5.74) is 0. The Morgan fingerprint density at radius 3 is 2.81 bits per heavy atom. The number of allylic oxidation sites excluding steroid dienone is 3. The van der Waals surface area contributed by atoms with E-state index in [1.165, 1.54) is 6.08 Å². The number of unbranched alkanes of at least 4 members (excludes halogenated alkanes) is 2. The van der Waals surface area contributed by atoms with Crippen molar-refractivity contribution in [1.29, 1.82) is 0 Å². The molecule has 1 aliphatic rings. The standard InChI is InChI=1S/C12H17BrO3/c13-9(4-2-1-3-7-14)8-10-11(15)5-6-12(10)16/h4-6,10-11,14-15H,1-3,7-8H2. The van der Waals surface area contributed by atoms with E-state index in [9.17, 15) is 9.90 Å². The average Bonchev–Trinajstić information content (AvgIpc) is 2.56. The number of carbonyl (C=O) groups is 1. The van der Waals surface area contributed by atoms with Gasteiger partial charge in [-0.25, -0.2) is 0 Å². The summed E-state index contributed by atoms with van der Waals surface area (Å²) >= 11 is 3.40. The van der Waals surface area contributed by atoms with Gasteiger partial charge in [0.25, 0.3) is 0 Å². The van der Waals surface area contributed by atoms with Gasteiger partial charge >= 0.3 is 0 Å². The summed E-state index contributed by atoms with van der Waals surface area (Å²) in [5.74, 6) is -0.336. The van der Waals surface area contributed by atoms with Crippen LogP contribution in [0.4, 0.5) is 0 Å². The van der Waals surface area contributed by atoms with Crippen molar-refractivity contribution in [3.05, 3.63) is 22.7 Å². The summed E-state index contributed by atoms with van der Waals surface area (Å²) in [6, 6.07) is 0. The molecule has 2 N–H and O–H groups in total. The minimum Gasteiger partial charge on any atom is -0.396 e. The molecule has 4 heteroatoms. The number of aliphatic hydroxyl groups excluding tert-OH is 2. The molecule has 0 aromatic heterocycles. The van der Waals surface area contributed by atoms with Gasteiger partial charge in [0.2, 0.25) is 0 Å². The lowest BCUT2D eigenvalue weighted by atomic mass is 9.99. The third-order valence-corrected chi connectivity index (χ3v) is 3.28. The van der Waals surface area contributed by atoms with Crippen LogP contribution in [0, 0.1) is 5.92 Å². The smallest absolute Gasteiger partial charge is 0.161 e. The van der Waals surface area contributed by atoms with Crippen LogP contribution in [0.5, 0.6) is 0 Å². The topological polar surface area (TPSA) is 57.5 Å². The highest BCUT2D eigenvalue weighted by Gasteiger charge is 2.28. The minimum absolute atomic E-state index is 0.00629. The number of rotatable bonds is 6.